The summed E-state index contributed by atoms with van der Waals surface area (Å²) in [6, 6.07) is 6.80. The molecule has 0 amide bonds. The average molecular weight is 309 g/mol. The smallest absolute Gasteiger partial charge is 0.259 e. The van der Waals surface area contributed by atoms with Crippen LogP contribution >= 0.6 is 0 Å². The first-order chi connectivity index (χ1) is 9.74. The Bertz CT molecular complexity index is 713. The van der Waals surface area contributed by atoms with Crippen LogP contribution in [0.5, 0.6) is 0 Å². The number of hydrogen-bond acceptors (Lipinski definition) is 5. The summed E-state index contributed by atoms with van der Waals surface area (Å²) in [6.07, 6.45) is 0.532. The zero-order valence-corrected chi connectivity index (χ0v) is 13.4. The Kier molecular flexibility index (Phi) is 4.04. The van der Waals surface area contributed by atoms with Crippen molar-refractivity contribution >= 4 is 15.8 Å². The zero-order chi connectivity index (χ0) is 15.7. The van der Waals surface area contributed by atoms with Crippen LogP contribution in [0, 0.1) is 0 Å². The van der Waals surface area contributed by atoms with Crippen molar-refractivity contribution in [1.82, 2.24) is 10.3 Å². The molecule has 0 aliphatic carbocycles. The standard InChI is InChI=1S/C14H19N3O3S/c1-5-12-13(16-20-15-12)17-21(18,19)11-8-6-10(7-9-11)14(2,3)4/h6-9H,5H2,1-4H3,(H,16,17). The fourth-order valence-electron chi connectivity index (χ4n) is 1.84. The molecule has 0 bridgehead atoms. The summed E-state index contributed by atoms with van der Waals surface area (Å²) in [6.45, 7) is 8.06. The summed E-state index contributed by atoms with van der Waals surface area (Å²) in [5, 5.41) is 7.22. The van der Waals surface area contributed by atoms with Crippen LogP contribution in [0.25, 0.3) is 0 Å². The molecular weight excluding hydrogens is 290 g/mol. The molecular formula is C14H19N3O3S. The molecule has 0 saturated heterocycles. The highest BCUT2D eigenvalue weighted by Gasteiger charge is 2.20. The first-order valence-corrected chi connectivity index (χ1v) is 8.17. The van der Waals surface area contributed by atoms with Crippen molar-refractivity contribution in [3.05, 3.63) is 35.5 Å². The van der Waals surface area contributed by atoms with E-state index in [1.165, 1.54) is 0 Å². The molecule has 0 fully saturated rings. The van der Waals surface area contributed by atoms with Gasteiger partial charge in [0.05, 0.1) is 4.90 Å². The molecule has 2 rings (SSSR count). The van der Waals surface area contributed by atoms with Gasteiger partial charge in [0.2, 0.25) is 5.82 Å². The molecule has 0 radical (unpaired) electrons. The lowest BCUT2D eigenvalue weighted by atomic mass is 9.87. The fraction of sp³-hybridized carbons (Fsp3) is 0.429. The van der Waals surface area contributed by atoms with E-state index >= 15 is 0 Å². The van der Waals surface area contributed by atoms with Crippen molar-refractivity contribution < 1.29 is 13.0 Å². The summed E-state index contributed by atoms with van der Waals surface area (Å²) >= 11 is 0. The largest absolute Gasteiger partial charge is 0.263 e. The Balaban J connectivity index is 2.28. The van der Waals surface area contributed by atoms with Gasteiger partial charge in [-0.3, -0.25) is 4.72 Å². The lowest BCUT2D eigenvalue weighted by Crippen LogP contribution is -2.15. The van der Waals surface area contributed by atoms with Gasteiger partial charge in [-0.15, -0.1) is 0 Å². The van der Waals surface area contributed by atoms with Crippen LogP contribution < -0.4 is 4.72 Å². The first kappa shape index (κ1) is 15.5. The van der Waals surface area contributed by atoms with Crippen LogP contribution in [0.3, 0.4) is 0 Å². The van der Waals surface area contributed by atoms with Gasteiger partial charge in [0.1, 0.15) is 5.69 Å². The van der Waals surface area contributed by atoms with Crippen molar-refractivity contribution in [1.29, 1.82) is 0 Å². The average Bonchev–Trinajstić information content (AvgIpc) is 2.84. The summed E-state index contributed by atoms with van der Waals surface area (Å²) < 4.78 is 31.6. The van der Waals surface area contributed by atoms with Crippen LogP contribution in [0.2, 0.25) is 0 Å². The van der Waals surface area contributed by atoms with E-state index in [4.69, 9.17) is 0 Å². The van der Waals surface area contributed by atoms with Crippen LogP contribution in [-0.4, -0.2) is 18.7 Å². The summed E-state index contributed by atoms with van der Waals surface area (Å²) in [5.74, 6) is 0.136. The third-order valence-electron chi connectivity index (χ3n) is 3.15. The molecule has 2 aromatic rings. The van der Waals surface area contributed by atoms with Gasteiger partial charge >= 0.3 is 0 Å². The Morgan fingerprint density at radius 3 is 2.29 bits per heavy atom. The van der Waals surface area contributed by atoms with Gasteiger partial charge in [-0.05, 0) is 34.7 Å². The second-order valence-electron chi connectivity index (χ2n) is 5.79. The van der Waals surface area contributed by atoms with E-state index in [-0.39, 0.29) is 16.1 Å². The minimum Gasteiger partial charge on any atom is -0.259 e. The van der Waals surface area contributed by atoms with Crippen molar-refractivity contribution in [3.8, 4) is 0 Å². The number of aromatic nitrogens is 2. The van der Waals surface area contributed by atoms with E-state index in [1.54, 1.807) is 12.1 Å². The third-order valence-corrected chi connectivity index (χ3v) is 4.51. The first-order valence-electron chi connectivity index (χ1n) is 6.69. The number of sulfonamides is 1. The van der Waals surface area contributed by atoms with Crippen LogP contribution in [0.15, 0.2) is 33.8 Å². The summed E-state index contributed by atoms with van der Waals surface area (Å²) in [4.78, 5) is 0.181. The topological polar surface area (TPSA) is 85.1 Å². The van der Waals surface area contributed by atoms with E-state index in [1.807, 2.05) is 19.1 Å². The highest BCUT2D eigenvalue weighted by atomic mass is 32.2. The molecule has 0 spiro atoms. The fourth-order valence-corrected chi connectivity index (χ4v) is 2.86. The monoisotopic (exact) mass is 309 g/mol. The number of hydrogen-bond donors (Lipinski definition) is 1. The highest BCUT2D eigenvalue weighted by molar-refractivity contribution is 7.92. The molecule has 1 aromatic heterocycles. The predicted molar refractivity (Wildman–Crippen MR) is 79.6 cm³/mol. The number of rotatable bonds is 4. The molecule has 0 atom stereocenters. The van der Waals surface area contributed by atoms with Gasteiger partial charge in [-0.2, -0.15) is 0 Å². The molecule has 0 unspecified atom stereocenters. The van der Waals surface area contributed by atoms with E-state index in [2.05, 4.69) is 40.4 Å². The number of benzene rings is 1. The van der Waals surface area contributed by atoms with Crippen molar-refractivity contribution in [3.63, 3.8) is 0 Å². The zero-order valence-electron chi connectivity index (χ0n) is 12.5. The molecule has 0 aliphatic rings. The second kappa shape index (κ2) is 5.48. The van der Waals surface area contributed by atoms with Gasteiger partial charge in [0.25, 0.3) is 10.0 Å². The Labute approximate surface area is 124 Å². The van der Waals surface area contributed by atoms with Gasteiger partial charge in [-0.25, -0.2) is 13.0 Å². The van der Waals surface area contributed by atoms with E-state index in [0.29, 0.717) is 12.1 Å². The van der Waals surface area contributed by atoms with Gasteiger partial charge < -0.3 is 0 Å². The van der Waals surface area contributed by atoms with Crippen LogP contribution in [-0.2, 0) is 21.9 Å². The Morgan fingerprint density at radius 2 is 1.76 bits per heavy atom. The molecule has 114 valence electrons. The quantitative estimate of drug-likeness (QED) is 0.938. The van der Waals surface area contributed by atoms with E-state index in [9.17, 15) is 8.42 Å². The summed E-state index contributed by atoms with van der Waals surface area (Å²) in [7, 11) is -3.69. The molecule has 6 nitrogen and oxygen atoms in total. The number of nitrogens with zero attached hydrogens (tertiary/aromatic N) is 2. The van der Waals surface area contributed by atoms with Crippen LogP contribution in [0.4, 0.5) is 5.82 Å². The molecule has 0 saturated carbocycles. The molecule has 0 aliphatic heterocycles. The third kappa shape index (κ3) is 3.41. The van der Waals surface area contributed by atoms with Gasteiger partial charge in [-0.1, -0.05) is 45.0 Å². The Hall–Kier alpha value is -1.89. The minimum absolute atomic E-state index is 0.0267. The normalized spacial score (nSPS) is 12.4. The molecule has 7 heteroatoms. The van der Waals surface area contributed by atoms with Gasteiger partial charge in [0.15, 0.2) is 0 Å². The maximum absolute atomic E-state index is 12.3. The molecule has 1 N–H and O–H groups in total. The van der Waals surface area contributed by atoms with Crippen LogP contribution in [0.1, 0.15) is 39.0 Å². The van der Waals surface area contributed by atoms with Crippen molar-refractivity contribution in [2.24, 2.45) is 0 Å². The van der Waals surface area contributed by atoms with E-state index < -0.39 is 10.0 Å². The predicted octanol–water partition coefficient (Wildman–Crippen LogP) is 2.73. The lowest BCUT2D eigenvalue weighted by molar-refractivity contribution is 0.305. The summed E-state index contributed by atoms with van der Waals surface area (Å²) in [5.41, 5.74) is 1.52. The molecule has 1 heterocycles. The maximum Gasteiger partial charge on any atom is 0.263 e. The maximum atomic E-state index is 12.3. The second-order valence-corrected chi connectivity index (χ2v) is 7.48. The Morgan fingerprint density at radius 1 is 1.14 bits per heavy atom. The molecule has 1 aromatic carbocycles. The highest BCUT2D eigenvalue weighted by Crippen LogP contribution is 2.24. The minimum atomic E-state index is -3.69. The lowest BCUT2D eigenvalue weighted by Gasteiger charge is -2.19. The van der Waals surface area contributed by atoms with Gasteiger partial charge in [0, 0.05) is 0 Å². The SMILES string of the molecule is CCc1nonc1NS(=O)(=O)c1ccc(C(C)(C)C)cc1. The van der Waals surface area contributed by atoms with Crippen molar-refractivity contribution in [2.75, 3.05) is 4.72 Å². The van der Waals surface area contributed by atoms with E-state index in [0.717, 1.165) is 5.56 Å². The number of nitrogens with one attached hydrogen (secondary N) is 1. The number of aryl methyl sites for hydroxylation is 1. The van der Waals surface area contributed by atoms with Crippen molar-refractivity contribution in [2.45, 2.75) is 44.4 Å². The number of anilines is 1. The molecule has 21 heavy (non-hydrogen) atoms.